The second-order valence-electron chi connectivity index (χ2n) is 12.1. The fraction of sp³-hybridized carbons (Fsp3) is 0.966. The van der Waals surface area contributed by atoms with Crippen LogP contribution in [0.3, 0.4) is 0 Å². The normalized spacial score (nSPS) is 36.0. The highest BCUT2D eigenvalue weighted by atomic mass is 16.7. The molecule has 0 bridgehead atoms. The van der Waals surface area contributed by atoms with Gasteiger partial charge < -0.3 is 19.5 Å². The number of carbonyl (C=O) groups is 1. The van der Waals surface area contributed by atoms with Crippen LogP contribution < -0.4 is 5.32 Å². The van der Waals surface area contributed by atoms with E-state index in [0.29, 0.717) is 26.2 Å². The van der Waals surface area contributed by atoms with Crippen molar-refractivity contribution >= 4 is 5.97 Å². The standard InChI is InChI=1S/C29H55NO4/c1-8-11-12-13-14-15-16-17-18-19-25(31)32-21-26(5)22-33-29(34-23-26)20-27(6,9-2)30-28(7,10-3)24(29)4/h24,30H,8-23H2,1-7H3. The van der Waals surface area contributed by atoms with Gasteiger partial charge in [-0.2, -0.15) is 0 Å². The maximum atomic E-state index is 12.3. The van der Waals surface area contributed by atoms with Gasteiger partial charge in [0.15, 0.2) is 5.79 Å². The Morgan fingerprint density at radius 2 is 1.44 bits per heavy atom. The van der Waals surface area contributed by atoms with Crippen molar-refractivity contribution in [2.75, 3.05) is 19.8 Å². The summed E-state index contributed by atoms with van der Waals surface area (Å²) in [6, 6.07) is 0. The smallest absolute Gasteiger partial charge is 0.305 e. The lowest BCUT2D eigenvalue weighted by Crippen LogP contribution is -2.73. The number of nitrogens with one attached hydrogen (secondary N) is 1. The molecule has 0 aliphatic carbocycles. The number of carbonyl (C=O) groups excluding carboxylic acids is 1. The van der Waals surface area contributed by atoms with E-state index in [1.165, 1.54) is 44.9 Å². The predicted octanol–water partition coefficient (Wildman–Crippen LogP) is 7.17. The number of rotatable bonds is 14. The van der Waals surface area contributed by atoms with Crippen LogP contribution in [-0.4, -0.2) is 42.7 Å². The van der Waals surface area contributed by atoms with E-state index in [9.17, 15) is 4.79 Å². The Kier molecular flexibility index (Phi) is 11.4. The Morgan fingerprint density at radius 3 is 1.97 bits per heavy atom. The Bertz CT molecular complexity index is 615. The summed E-state index contributed by atoms with van der Waals surface area (Å²) in [7, 11) is 0. The molecule has 2 heterocycles. The Morgan fingerprint density at radius 1 is 0.882 bits per heavy atom. The van der Waals surface area contributed by atoms with Gasteiger partial charge in [0.05, 0.1) is 13.2 Å². The number of hydrogen-bond donors (Lipinski definition) is 1. The third-order valence-electron chi connectivity index (χ3n) is 8.75. The van der Waals surface area contributed by atoms with Crippen LogP contribution in [0.1, 0.15) is 132 Å². The Labute approximate surface area is 210 Å². The van der Waals surface area contributed by atoms with Gasteiger partial charge in [-0.1, -0.05) is 86.0 Å². The van der Waals surface area contributed by atoms with Crippen molar-refractivity contribution in [3.8, 4) is 0 Å². The maximum absolute atomic E-state index is 12.3. The van der Waals surface area contributed by atoms with Gasteiger partial charge in [-0.3, -0.25) is 4.79 Å². The zero-order valence-corrected chi connectivity index (χ0v) is 23.5. The van der Waals surface area contributed by atoms with Gasteiger partial charge in [-0.25, -0.2) is 0 Å². The molecule has 5 nitrogen and oxygen atoms in total. The highest BCUT2D eigenvalue weighted by molar-refractivity contribution is 5.69. The number of ether oxygens (including phenoxy) is 3. The van der Waals surface area contributed by atoms with Gasteiger partial charge in [0.1, 0.15) is 6.61 Å². The lowest BCUT2D eigenvalue weighted by atomic mass is 9.67. The average molecular weight is 482 g/mol. The number of esters is 1. The minimum Gasteiger partial charge on any atom is -0.465 e. The number of piperidine rings is 1. The molecule has 1 N–H and O–H groups in total. The van der Waals surface area contributed by atoms with E-state index < -0.39 is 5.79 Å². The summed E-state index contributed by atoms with van der Waals surface area (Å²) in [4.78, 5) is 12.3. The van der Waals surface area contributed by atoms with Crippen LogP contribution in [0.15, 0.2) is 0 Å². The molecule has 2 fully saturated rings. The van der Waals surface area contributed by atoms with E-state index >= 15 is 0 Å². The molecule has 2 saturated heterocycles. The highest BCUT2D eigenvalue weighted by Crippen LogP contribution is 2.49. The van der Waals surface area contributed by atoms with Gasteiger partial charge >= 0.3 is 5.97 Å². The van der Waals surface area contributed by atoms with E-state index in [4.69, 9.17) is 14.2 Å². The molecule has 0 aromatic heterocycles. The first-order valence-corrected chi connectivity index (χ1v) is 14.3. The molecule has 0 amide bonds. The van der Waals surface area contributed by atoms with Crippen LogP contribution in [0.4, 0.5) is 0 Å². The molecular weight excluding hydrogens is 426 g/mol. The maximum Gasteiger partial charge on any atom is 0.305 e. The molecule has 0 radical (unpaired) electrons. The van der Waals surface area contributed by atoms with Gasteiger partial charge in [0.2, 0.25) is 0 Å². The first-order valence-electron chi connectivity index (χ1n) is 14.3. The van der Waals surface area contributed by atoms with E-state index in [2.05, 4.69) is 53.8 Å². The quantitative estimate of drug-likeness (QED) is 0.211. The van der Waals surface area contributed by atoms with Gasteiger partial charge in [0, 0.05) is 35.3 Å². The van der Waals surface area contributed by atoms with E-state index in [1.807, 2.05) is 0 Å². The summed E-state index contributed by atoms with van der Waals surface area (Å²) in [6.45, 7) is 17.1. The average Bonchev–Trinajstić information content (AvgIpc) is 2.82. The van der Waals surface area contributed by atoms with Crippen LogP contribution in [-0.2, 0) is 19.0 Å². The van der Waals surface area contributed by atoms with Crippen LogP contribution in [0, 0.1) is 11.3 Å². The van der Waals surface area contributed by atoms with Crippen molar-refractivity contribution in [1.82, 2.24) is 5.32 Å². The first kappa shape index (κ1) is 29.6. The van der Waals surface area contributed by atoms with Gasteiger partial charge in [-0.05, 0) is 33.1 Å². The van der Waals surface area contributed by atoms with Crippen molar-refractivity contribution in [2.24, 2.45) is 11.3 Å². The third kappa shape index (κ3) is 7.93. The van der Waals surface area contributed by atoms with E-state index in [1.54, 1.807) is 0 Å². The molecular formula is C29H55NO4. The Hall–Kier alpha value is -0.650. The SMILES string of the molecule is CCCCCCCCCCCC(=O)OCC1(C)COC2(CC(C)(CC)NC(C)(CC)C2C)OC1. The predicted molar refractivity (Wildman–Crippen MR) is 140 cm³/mol. The van der Waals surface area contributed by atoms with Gasteiger partial charge in [-0.15, -0.1) is 0 Å². The summed E-state index contributed by atoms with van der Waals surface area (Å²) < 4.78 is 18.8. The van der Waals surface area contributed by atoms with Crippen LogP contribution in [0.2, 0.25) is 0 Å². The Balaban J connectivity index is 1.74. The third-order valence-corrected chi connectivity index (χ3v) is 8.75. The molecule has 3 unspecified atom stereocenters. The topological polar surface area (TPSA) is 56.8 Å². The molecule has 2 aliphatic heterocycles. The van der Waals surface area contributed by atoms with Gasteiger partial charge in [0.25, 0.3) is 0 Å². The first-order chi connectivity index (χ1) is 16.1. The van der Waals surface area contributed by atoms with Crippen molar-refractivity contribution in [2.45, 2.75) is 149 Å². The summed E-state index contributed by atoms with van der Waals surface area (Å²) in [6.07, 6.45) is 14.7. The van der Waals surface area contributed by atoms with Crippen molar-refractivity contribution in [1.29, 1.82) is 0 Å². The summed E-state index contributed by atoms with van der Waals surface area (Å²) in [5, 5.41) is 3.90. The van der Waals surface area contributed by atoms with Crippen molar-refractivity contribution in [3.63, 3.8) is 0 Å². The number of unbranched alkanes of at least 4 members (excludes halogenated alkanes) is 8. The molecule has 0 aromatic carbocycles. The monoisotopic (exact) mass is 481 g/mol. The summed E-state index contributed by atoms with van der Waals surface area (Å²) in [5.41, 5.74) is -0.360. The molecule has 34 heavy (non-hydrogen) atoms. The molecule has 200 valence electrons. The van der Waals surface area contributed by atoms with Crippen molar-refractivity contribution < 1.29 is 19.0 Å². The van der Waals surface area contributed by atoms with E-state index in [-0.39, 0.29) is 28.4 Å². The number of hydrogen-bond acceptors (Lipinski definition) is 5. The second kappa shape index (κ2) is 13.1. The fourth-order valence-electron chi connectivity index (χ4n) is 5.65. The molecule has 1 spiro atoms. The van der Waals surface area contributed by atoms with Crippen LogP contribution >= 0.6 is 0 Å². The lowest BCUT2D eigenvalue weighted by molar-refractivity contribution is -0.353. The minimum atomic E-state index is -0.583. The molecule has 2 rings (SSSR count). The van der Waals surface area contributed by atoms with Crippen LogP contribution in [0.25, 0.3) is 0 Å². The molecule has 0 aromatic rings. The second-order valence-corrected chi connectivity index (χ2v) is 12.1. The highest BCUT2D eigenvalue weighted by Gasteiger charge is 2.59. The molecule has 5 heteroatoms. The molecule has 3 atom stereocenters. The van der Waals surface area contributed by atoms with Crippen molar-refractivity contribution in [3.05, 3.63) is 0 Å². The lowest BCUT2D eigenvalue weighted by Gasteiger charge is -2.60. The van der Waals surface area contributed by atoms with E-state index in [0.717, 1.165) is 32.1 Å². The zero-order chi connectivity index (χ0) is 25.3. The molecule has 2 aliphatic rings. The zero-order valence-electron chi connectivity index (χ0n) is 23.5. The van der Waals surface area contributed by atoms with Crippen LogP contribution in [0.5, 0.6) is 0 Å². The summed E-state index contributed by atoms with van der Waals surface area (Å²) >= 11 is 0. The minimum absolute atomic E-state index is 0.0208. The fourth-order valence-corrected chi connectivity index (χ4v) is 5.65. The largest absolute Gasteiger partial charge is 0.465 e. The molecule has 0 saturated carbocycles. The summed E-state index contributed by atoms with van der Waals surface area (Å²) in [5.74, 6) is -0.443.